The quantitative estimate of drug-likeness (QED) is 0.823. The first-order valence-corrected chi connectivity index (χ1v) is 7.36. The number of hydrogen-bond donors (Lipinski definition) is 1. The summed E-state index contributed by atoms with van der Waals surface area (Å²) in [5, 5.41) is 3.69. The van der Waals surface area contributed by atoms with Crippen LogP contribution in [0.15, 0.2) is 0 Å². The minimum atomic E-state index is -0.0524. The van der Waals surface area contributed by atoms with Crippen molar-refractivity contribution in [1.82, 2.24) is 5.32 Å². The second-order valence-corrected chi connectivity index (χ2v) is 7.07. The maximum Gasteiger partial charge on any atom is 0.119 e. The van der Waals surface area contributed by atoms with Gasteiger partial charge in [-0.15, -0.1) is 0 Å². The molecule has 2 rings (SSSR count). The lowest BCUT2D eigenvalue weighted by Gasteiger charge is -2.48. The predicted molar refractivity (Wildman–Crippen MR) is 73.5 cm³/mol. The Morgan fingerprint density at radius 2 is 1.89 bits per heavy atom. The second kappa shape index (κ2) is 5.48. The van der Waals surface area contributed by atoms with E-state index in [1.54, 1.807) is 7.11 Å². The van der Waals surface area contributed by atoms with Crippen LogP contribution in [0.2, 0.25) is 0 Å². The van der Waals surface area contributed by atoms with Crippen molar-refractivity contribution < 1.29 is 9.47 Å². The third kappa shape index (κ3) is 3.25. The zero-order valence-corrected chi connectivity index (χ0v) is 12.4. The Bertz CT molecular complexity index is 262. The Labute approximate surface area is 112 Å². The maximum absolute atomic E-state index is 6.08. The Morgan fingerprint density at radius 3 is 2.44 bits per heavy atom. The van der Waals surface area contributed by atoms with Gasteiger partial charge in [-0.1, -0.05) is 20.8 Å². The molecule has 2 fully saturated rings. The normalized spacial score (nSPS) is 38.0. The van der Waals surface area contributed by atoms with E-state index in [0.717, 1.165) is 38.4 Å². The molecule has 1 aliphatic carbocycles. The fourth-order valence-corrected chi connectivity index (χ4v) is 3.45. The van der Waals surface area contributed by atoms with Gasteiger partial charge in [0, 0.05) is 13.2 Å². The van der Waals surface area contributed by atoms with Crippen LogP contribution in [0.4, 0.5) is 0 Å². The molecular formula is C15H29NO2. The maximum atomic E-state index is 6.08. The summed E-state index contributed by atoms with van der Waals surface area (Å²) in [6.07, 6.45) is 5.91. The molecule has 1 saturated heterocycles. The highest BCUT2D eigenvalue weighted by Crippen LogP contribution is 2.42. The summed E-state index contributed by atoms with van der Waals surface area (Å²) < 4.78 is 11.3. The molecule has 1 N–H and O–H groups in total. The monoisotopic (exact) mass is 255 g/mol. The third-order valence-electron chi connectivity index (χ3n) is 4.70. The molecule has 106 valence electrons. The third-order valence-corrected chi connectivity index (χ3v) is 4.70. The molecule has 0 aromatic carbocycles. The lowest BCUT2D eigenvalue weighted by atomic mass is 9.70. The van der Waals surface area contributed by atoms with Crippen molar-refractivity contribution in [3.63, 3.8) is 0 Å². The number of methoxy groups -OCH3 is 1. The van der Waals surface area contributed by atoms with Gasteiger partial charge in [-0.3, -0.25) is 5.32 Å². The summed E-state index contributed by atoms with van der Waals surface area (Å²) in [7, 11) is 1.78. The summed E-state index contributed by atoms with van der Waals surface area (Å²) in [5.74, 6) is 0.830. The summed E-state index contributed by atoms with van der Waals surface area (Å²) in [6.45, 7) is 8.75. The van der Waals surface area contributed by atoms with E-state index >= 15 is 0 Å². The SMILES string of the molecule is COCC1CCOC2(CCC(C(C)(C)C)CC2)N1. The standard InChI is InChI=1S/C15H29NO2/c1-14(2,3)12-5-8-15(9-6-12)16-13(11-17-4)7-10-18-15/h12-13,16H,5-11H2,1-4H3. The van der Waals surface area contributed by atoms with Crippen LogP contribution in [0.1, 0.15) is 52.9 Å². The molecule has 3 nitrogen and oxygen atoms in total. The molecule has 0 amide bonds. The van der Waals surface area contributed by atoms with E-state index in [1.807, 2.05) is 0 Å². The summed E-state index contributed by atoms with van der Waals surface area (Å²) in [6, 6.07) is 0.468. The fraction of sp³-hybridized carbons (Fsp3) is 1.00. The molecular weight excluding hydrogens is 226 g/mol. The second-order valence-electron chi connectivity index (χ2n) is 7.07. The van der Waals surface area contributed by atoms with E-state index in [-0.39, 0.29) is 5.72 Å². The van der Waals surface area contributed by atoms with Gasteiger partial charge in [0.15, 0.2) is 0 Å². The van der Waals surface area contributed by atoms with Crippen molar-refractivity contribution in [3.8, 4) is 0 Å². The van der Waals surface area contributed by atoms with E-state index in [9.17, 15) is 0 Å². The van der Waals surface area contributed by atoms with Crippen LogP contribution in [-0.2, 0) is 9.47 Å². The van der Waals surface area contributed by atoms with E-state index in [1.165, 1.54) is 12.8 Å². The predicted octanol–water partition coefficient (Wildman–Crippen LogP) is 2.94. The molecule has 0 bridgehead atoms. The molecule has 1 unspecified atom stereocenters. The average molecular weight is 255 g/mol. The van der Waals surface area contributed by atoms with Crippen molar-refractivity contribution in [1.29, 1.82) is 0 Å². The van der Waals surface area contributed by atoms with Crippen molar-refractivity contribution in [2.24, 2.45) is 11.3 Å². The lowest BCUT2D eigenvalue weighted by Crippen LogP contribution is -2.59. The van der Waals surface area contributed by atoms with Gasteiger partial charge < -0.3 is 9.47 Å². The molecule has 1 saturated carbocycles. The van der Waals surface area contributed by atoms with Crippen LogP contribution in [0.25, 0.3) is 0 Å². The van der Waals surface area contributed by atoms with Gasteiger partial charge in [-0.05, 0) is 43.4 Å². The Kier molecular flexibility index (Phi) is 4.35. The molecule has 0 radical (unpaired) electrons. The molecule has 18 heavy (non-hydrogen) atoms. The number of rotatable bonds is 2. The molecule has 3 heteroatoms. The van der Waals surface area contributed by atoms with E-state index in [4.69, 9.17) is 9.47 Å². The smallest absolute Gasteiger partial charge is 0.119 e. The largest absolute Gasteiger partial charge is 0.383 e. The zero-order chi connectivity index (χ0) is 13.2. The fourth-order valence-electron chi connectivity index (χ4n) is 3.45. The minimum Gasteiger partial charge on any atom is -0.383 e. The number of ether oxygens (including phenoxy) is 2. The van der Waals surface area contributed by atoms with Crippen molar-refractivity contribution in [2.75, 3.05) is 20.3 Å². The number of hydrogen-bond acceptors (Lipinski definition) is 3. The average Bonchev–Trinajstić information content (AvgIpc) is 2.29. The van der Waals surface area contributed by atoms with Gasteiger partial charge in [0.05, 0.1) is 13.2 Å². The van der Waals surface area contributed by atoms with Crippen molar-refractivity contribution in [3.05, 3.63) is 0 Å². The first-order valence-electron chi connectivity index (χ1n) is 7.36. The molecule has 1 spiro atoms. The zero-order valence-electron chi connectivity index (χ0n) is 12.4. The van der Waals surface area contributed by atoms with E-state index in [2.05, 4.69) is 26.1 Å². The molecule has 1 heterocycles. The highest BCUT2D eigenvalue weighted by atomic mass is 16.5. The molecule has 2 aliphatic rings. The van der Waals surface area contributed by atoms with Gasteiger partial charge in [0.1, 0.15) is 5.72 Å². The van der Waals surface area contributed by atoms with Crippen molar-refractivity contribution in [2.45, 2.75) is 64.6 Å². The van der Waals surface area contributed by atoms with Crippen LogP contribution in [-0.4, -0.2) is 32.1 Å². The lowest BCUT2D eigenvalue weighted by molar-refractivity contribution is -0.146. The highest BCUT2D eigenvalue weighted by Gasteiger charge is 2.42. The Morgan fingerprint density at radius 1 is 1.22 bits per heavy atom. The van der Waals surface area contributed by atoms with Gasteiger partial charge in [-0.2, -0.15) is 0 Å². The van der Waals surface area contributed by atoms with Crippen LogP contribution < -0.4 is 5.32 Å². The van der Waals surface area contributed by atoms with E-state index in [0.29, 0.717) is 11.5 Å². The first-order chi connectivity index (χ1) is 8.45. The van der Waals surface area contributed by atoms with Gasteiger partial charge in [-0.25, -0.2) is 0 Å². The van der Waals surface area contributed by atoms with Crippen molar-refractivity contribution >= 4 is 0 Å². The molecule has 1 aliphatic heterocycles. The Hall–Kier alpha value is -0.120. The molecule has 0 aromatic rings. The van der Waals surface area contributed by atoms with Crippen LogP contribution >= 0.6 is 0 Å². The van der Waals surface area contributed by atoms with Crippen LogP contribution in [0.3, 0.4) is 0 Å². The number of nitrogens with one attached hydrogen (secondary N) is 1. The van der Waals surface area contributed by atoms with Crippen LogP contribution in [0, 0.1) is 11.3 Å². The Balaban J connectivity index is 1.90. The molecule has 0 aromatic heterocycles. The van der Waals surface area contributed by atoms with Gasteiger partial charge in [0.2, 0.25) is 0 Å². The van der Waals surface area contributed by atoms with Gasteiger partial charge in [0.25, 0.3) is 0 Å². The highest BCUT2D eigenvalue weighted by molar-refractivity contribution is 4.93. The van der Waals surface area contributed by atoms with E-state index < -0.39 is 0 Å². The minimum absolute atomic E-state index is 0.0524. The topological polar surface area (TPSA) is 30.5 Å². The van der Waals surface area contributed by atoms with Gasteiger partial charge >= 0.3 is 0 Å². The summed E-state index contributed by atoms with van der Waals surface area (Å²) in [4.78, 5) is 0. The summed E-state index contributed by atoms with van der Waals surface area (Å²) >= 11 is 0. The summed E-state index contributed by atoms with van der Waals surface area (Å²) in [5.41, 5.74) is 0.380. The van der Waals surface area contributed by atoms with Crippen LogP contribution in [0.5, 0.6) is 0 Å². The first kappa shape index (κ1) is 14.3. The molecule has 1 atom stereocenters.